The molecule has 0 heterocycles. The average Bonchev–Trinajstić information content (AvgIpc) is 2.34. The molecule has 0 radical (unpaired) electrons. The molecule has 1 amide bonds. The van der Waals surface area contributed by atoms with Crippen LogP contribution in [0.4, 0.5) is 0 Å². The number of aliphatic carboxylic acids is 1. The molecule has 1 rings (SSSR count). The molecule has 18 heavy (non-hydrogen) atoms. The molecule has 0 aliphatic rings. The highest BCUT2D eigenvalue weighted by Gasteiger charge is 2.13. The molecule has 0 saturated carbocycles. The SMILES string of the molecule is CCC(CNC(=O)c1ccc(I)cc1)CC(=O)O. The van der Waals surface area contributed by atoms with Gasteiger partial charge in [-0.1, -0.05) is 13.3 Å². The van der Waals surface area contributed by atoms with E-state index in [2.05, 4.69) is 27.9 Å². The Morgan fingerprint density at radius 2 is 1.94 bits per heavy atom. The van der Waals surface area contributed by atoms with Crippen LogP contribution < -0.4 is 5.32 Å². The third kappa shape index (κ3) is 5.03. The van der Waals surface area contributed by atoms with Crippen LogP contribution in [0.5, 0.6) is 0 Å². The van der Waals surface area contributed by atoms with Crippen molar-refractivity contribution in [3.8, 4) is 0 Å². The summed E-state index contributed by atoms with van der Waals surface area (Å²) in [5.41, 5.74) is 0.598. The zero-order valence-corrected chi connectivity index (χ0v) is 12.3. The minimum Gasteiger partial charge on any atom is -0.481 e. The summed E-state index contributed by atoms with van der Waals surface area (Å²) in [5.74, 6) is -1.00. The third-order valence-electron chi connectivity index (χ3n) is 2.70. The summed E-state index contributed by atoms with van der Waals surface area (Å²) in [7, 11) is 0. The van der Waals surface area contributed by atoms with Crippen LogP contribution in [0.1, 0.15) is 30.1 Å². The summed E-state index contributed by atoms with van der Waals surface area (Å²) in [6.07, 6.45) is 0.822. The van der Waals surface area contributed by atoms with Crippen molar-refractivity contribution < 1.29 is 14.7 Å². The Morgan fingerprint density at radius 3 is 2.44 bits per heavy atom. The maximum atomic E-state index is 11.8. The van der Waals surface area contributed by atoms with Crippen LogP contribution in [-0.4, -0.2) is 23.5 Å². The van der Waals surface area contributed by atoms with Gasteiger partial charge in [0.05, 0.1) is 0 Å². The highest BCUT2D eigenvalue weighted by atomic mass is 127. The van der Waals surface area contributed by atoms with Crippen molar-refractivity contribution in [2.45, 2.75) is 19.8 Å². The van der Waals surface area contributed by atoms with E-state index in [1.54, 1.807) is 12.1 Å². The van der Waals surface area contributed by atoms with Gasteiger partial charge in [-0.2, -0.15) is 0 Å². The largest absolute Gasteiger partial charge is 0.481 e. The minimum atomic E-state index is -0.828. The molecule has 0 aliphatic heterocycles. The number of carboxylic acids is 1. The van der Waals surface area contributed by atoms with Gasteiger partial charge in [0.15, 0.2) is 0 Å². The van der Waals surface area contributed by atoms with E-state index in [0.29, 0.717) is 12.1 Å². The fraction of sp³-hybridized carbons (Fsp3) is 0.385. The van der Waals surface area contributed by atoms with Crippen LogP contribution in [0.2, 0.25) is 0 Å². The number of halogens is 1. The molecule has 0 saturated heterocycles. The third-order valence-corrected chi connectivity index (χ3v) is 3.42. The van der Waals surface area contributed by atoms with Gasteiger partial charge in [0.2, 0.25) is 0 Å². The lowest BCUT2D eigenvalue weighted by atomic mass is 10.0. The lowest BCUT2D eigenvalue weighted by molar-refractivity contribution is -0.138. The van der Waals surface area contributed by atoms with Crippen LogP contribution in [0.15, 0.2) is 24.3 Å². The number of hydrogen-bond donors (Lipinski definition) is 2. The van der Waals surface area contributed by atoms with Crippen molar-refractivity contribution >= 4 is 34.5 Å². The Labute approximate surface area is 120 Å². The van der Waals surface area contributed by atoms with E-state index in [4.69, 9.17) is 5.11 Å². The summed E-state index contributed by atoms with van der Waals surface area (Å²) < 4.78 is 1.07. The van der Waals surface area contributed by atoms with Gasteiger partial charge in [-0.05, 0) is 52.8 Å². The van der Waals surface area contributed by atoms with Gasteiger partial charge < -0.3 is 10.4 Å². The number of carboxylic acid groups (broad SMARTS) is 1. The topological polar surface area (TPSA) is 66.4 Å². The molecule has 98 valence electrons. The fourth-order valence-corrected chi connectivity index (χ4v) is 1.91. The van der Waals surface area contributed by atoms with E-state index in [1.807, 2.05) is 19.1 Å². The van der Waals surface area contributed by atoms with Gasteiger partial charge in [-0.25, -0.2) is 0 Å². The molecule has 0 aromatic heterocycles. The van der Waals surface area contributed by atoms with Crippen molar-refractivity contribution in [3.63, 3.8) is 0 Å². The van der Waals surface area contributed by atoms with Crippen LogP contribution >= 0.6 is 22.6 Å². The molecule has 0 spiro atoms. The Hall–Kier alpha value is -1.11. The molecule has 1 unspecified atom stereocenters. The Morgan fingerprint density at radius 1 is 1.33 bits per heavy atom. The van der Waals surface area contributed by atoms with Crippen LogP contribution in [0, 0.1) is 9.49 Å². The Bertz CT molecular complexity index is 417. The van der Waals surface area contributed by atoms with E-state index >= 15 is 0 Å². The molecule has 0 bridgehead atoms. The van der Waals surface area contributed by atoms with Crippen LogP contribution in [-0.2, 0) is 4.79 Å². The Balaban J connectivity index is 2.49. The summed E-state index contributed by atoms with van der Waals surface area (Å²) in [5, 5.41) is 11.5. The fourth-order valence-electron chi connectivity index (χ4n) is 1.55. The maximum Gasteiger partial charge on any atom is 0.303 e. The van der Waals surface area contributed by atoms with Crippen molar-refractivity contribution in [2.24, 2.45) is 5.92 Å². The molecule has 0 aliphatic carbocycles. The predicted octanol–water partition coefficient (Wildman–Crippen LogP) is 2.52. The first kappa shape index (κ1) is 14.9. The molecular formula is C13H16INO3. The number of rotatable bonds is 6. The van der Waals surface area contributed by atoms with Crippen molar-refractivity contribution in [1.82, 2.24) is 5.32 Å². The minimum absolute atomic E-state index is 0.0182. The van der Waals surface area contributed by atoms with Gasteiger partial charge in [0, 0.05) is 22.1 Å². The molecule has 2 N–H and O–H groups in total. The van der Waals surface area contributed by atoms with Gasteiger partial charge >= 0.3 is 5.97 Å². The van der Waals surface area contributed by atoms with Gasteiger partial charge in [0.1, 0.15) is 0 Å². The summed E-state index contributed by atoms with van der Waals surface area (Å²) in [6, 6.07) is 7.25. The smallest absolute Gasteiger partial charge is 0.303 e. The monoisotopic (exact) mass is 361 g/mol. The van der Waals surface area contributed by atoms with Gasteiger partial charge in [-0.3, -0.25) is 9.59 Å². The van der Waals surface area contributed by atoms with Crippen molar-refractivity contribution in [3.05, 3.63) is 33.4 Å². The second kappa shape index (κ2) is 7.35. The first-order valence-corrected chi connectivity index (χ1v) is 6.86. The predicted molar refractivity (Wildman–Crippen MR) is 77.5 cm³/mol. The van der Waals surface area contributed by atoms with Gasteiger partial charge in [0.25, 0.3) is 5.91 Å². The van der Waals surface area contributed by atoms with E-state index in [0.717, 1.165) is 9.99 Å². The number of hydrogen-bond acceptors (Lipinski definition) is 2. The summed E-state index contributed by atoms with van der Waals surface area (Å²) in [6.45, 7) is 2.32. The van der Waals surface area contributed by atoms with E-state index in [1.165, 1.54) is 0 Å². The van der Waals surface area contributed by atoms with Gasteiger partial charge in [-0.15, -0.1) is 0 Å². The summed E-state index contributed by atoms with van der Waals surface area (Å²) >= 11 is 2.17. The lowest BCUT2D eigenvalue weighted by Crippen LogP contribution is -2.30. The van der Waals surface area contributed by atoms with Crippen LogP contribution in [0.3, 0.4) is 0 Å². The van der Waals surface area contributed by atoms with Crippen molar-refractivity contribution in [2.75, 3.05) is 6.54 Å². The normalized spacial score (nSPS) is 11.9. The molecule has 1 aromatic carbocycles. The molecular weight excluding hydrogens is 345 g/mol. The Kier molecular flexibility index (Phi) is 6.11. The molecule has 4 nitrogen and oxygen atoms in total. The highest BCUT2D eigenvalue weighted by Crippen LogP contribution is 2.09. The quantitative estimate of drug-likeness (QED) is 0.766. The maximum absolute atomic E-state index is 11.8. The second-order valence-corrected chi connectivity index (χ2v) is 5.33. The number of nitrogens with one attached hydrogen (secondary N) is 1. The van der Waals surface area contributed by atoms with Crippen molar-refractivity contribution in [1.29, 1.82) is 0 Å². The number of benzene rings is 1. The van der Waals surface area contributed by atoms with E-state index < -0.39 is 5.97 Å². The molecule has 1 atom stereocenters. The van der Waals surface area contributed by atoms with E-state index in [9.17, 15) is 9.59 Å². The molecule has 1 aromatic rings. The van der Waals surface area contributed by atoms with Crippen LogP contribution in [0.25, 0.3) is 0 Å². The zero-order chi connectivity index (χ0) is 13.5. The van der Waals surface area contributed by atoms with E-state index in [-0.39, 0.29) is 18.2 Å². The zero-order valence-electron chi connectivity index (χ0n) is 10.1. The number of carbonyl (C=O) groups is 2. The molecule has 5 heteroatoms. The average molecular weight is 361 g/mol. The summed E-state index contributed by atoms with van der Waals surface area (Å²) in [4.78, 5) is 22.4. The lowest BCUT2D eigenvalue weighted by Gasteiger charge is -2.13. The number of carbonyl (C=O) groups excluding carboxylic acids is 1. The number of amides is 1. The standard InChI is InChI=1S/C13H16INO3/c1-2-9(7-12(16)17)8-15-13(18)10-3-5-11(14)6-4-10/h3-6,9H,2,7-8H2,1H3,(H,15,18)(H,16,17). The molecule has 0 fully saturated rings. The first-order valence-electron chi connectivity index (χ1n) is 5.78. The highest BCUT2D eigenvalue weighted by molar-refractivity contribution is 14.1. The first-order chi connectivity index (χ1) is 8.52. The second-order valence-electron chi connectivity index (χ2n) is 4.09.